The molecule has 0 fully saturated rings. The third-order valence-electron chi connectivity index (χ3n) is 4.52. The van der Waals surface area contributed by atoms with Gasteiger partial charge < -0.3 is 24.8 Å². The fourth-order valence-electron chi connectivity index (χ4n) is 2.96. The van der Waals surface area contributed by atoms with Crippen LogP contribution in [-0.4, -0.2) is 73.2 Å². The maximum atomic E-state index is 10.4. The summed E-state index contributed by atoms with van der Waals surface area (Å²) in [7, 11) is 0. The molecular formula is C24H30MnN2O6. The van der Waals surface area contributed by atoms with E-state index in [1.807, 2.05) is 36.4 Å². The van der Waals surface area contributed by atoms with Gasteiger partial charge in [-0.15, -0.1) is 0 Å². The summed E-state index contributed by atoms with van der Waals surface area (Å²) in [5.74, 6) is -0.350. The quantitative estimate of drug-likeness (QED) is 0.482. The Balaban J connectivity index is 0.00000101. The first-order valence-corrected chi connectivity index (χ1v) is 10.5. The Morgan fingerprint density at radius 1 is 0.788 bits per heavy atom. The van der Waals surface area contributed by atoms with E-state index in [0.717, 1.165) is 18.1 Å². The van der Waals surface area contributed by atoms with Gasteiger partial charge in [0.1, 0.15) is 11.5 Å². The molecule has 1 radical (unpaired) electrons. The molecule has 3 N–H and O–H groups in total. The molecule has 1 aliphatic rings. The number of phenolic OH excluding ortho intramolecular Hbond substituents is 2. The van der Waals surface area contributed by atoms with Crippen molar-refractivity contribution in [3.8, 4) is 11.5 Å². The van der Waals surface area contributed by atoms with Crippen molar-refractivity contribution in [3.63, 3.8) is 0 Å². The number of para-hydroxylation sites is 2. The molecule has 3 rings (SSSR count). The monoisotopic (exact) mass is 497 g/mol. The maximum Gasteiger partial charge on any atom is 0.300 e. The van der Waals surface area contributed by atoms with Crippen molar-refractivity contribution in [1.82, 2.24) is 0 Å². The molecule has 179 valence electrons. The Labute approximate surface area is 204 Å². The van der Waals surface area contributed by atoms with Crippen LogP contribution in [0.15, 0.2) is 46.4 Å². The number of nitrogens with zero attached hydrogens (tertiary/aromatic N) is 2. The number of aliphatic carboxylic acids is 1. The zero-order chi connectivity index (χ0) is 23.2. The molecule has 2 aromatic rings. The summed E-state index contributed by atoms with van der Waals surface area (Å²) < 4.78 is 11.2. The minimum absolute atomic E-state index is 0. The van der Waals surface area contributed by atoms with Crippen LogP contribution in [0.3, 0.4) is 0 Å². The van der Waals surface area contributed by atoms with Crippen molar-refractivity contribution in [3.05, 3.63) is 58.7 Å². The van der Waals surface area contributed by atoms with Crippen LogP contribution in [-0.2, 0) is 44.2 Å². The normalized spacial score (nSPS) is 14.8. The molecule has 0 saturated carbocycles. The number of carbonyl (C=O) groups is 1. The molecule has 8 nitrogen and oxygen atoms in total. The number of fused-ring (bicyclic) bond motifs is 4. The van der Waals surface area contributed by atoms with Crippen molar-refractivity contribution in [1.29, 1.82) is 0 Å². The average molecular weight is 497 g/mol. The van der Waals surface area contributed by atoms with Gasteiger partial charge in [0.05, 0.1) is 39.5 Å². The fraction of sp³-hybridized carbons (Fsp3) is 0.375. The number of aromatic hydroxyl groups is 2. The Bertz CT molecular complexity index is 860. The predicted octanol–water partition coefficient (Wildman–Crippen LogP) is 2.86. The van der Waals surface area contributed by atoms with Crippen molar-refractivity contribution < 1.29 is 46.7 Å². The number of phenols is 2. The standard InChI is InChI=1S/C22H26N2O4.C2H4O2.Mn/c25-21-17-3-1-5-19(21)15-23-9-10-24-16-20-6-2-4-18(22(20)26)8-12-28-14-13-27-11-7-17;1-2(3)4;/h1-6,15-16,25-26H,7-14H2;1H3,(H,3,4);. The molecule has 1 heterocycles. The van der Waals surface area contributed by atoms with Gasteiger partial charge in [0.25, 0.3) is 5.97 Å². The number of hydrogen-bond donors (Lipinski definition) is 3. The van der Waals surface area contributed by atoms with E-state index in [1.165, 1.54) is 0 Å². The number of hydrogen-bond acceptors (Lipinski definition) is 7. The summed E-state index contributed by atoms with van der Waals surface area (Å²) in [5, 5.41) is 28.2. The van der Waals surface area contributed by atoms with Crippen LogP contribution >= 0.6 is 0 Å². The van der Waals surface area contributed by atoms with Gasteiger partial charge in [-0.2, -0.15) is 0 Å². The van der Waals surface area contributed by atoms with Gasteiger partial charge in [-0.1, -0.05) is 24.3 Å². The second-order valence-electron chi connectivity index (χ2n) is 7.02. The van der Waals surface area contributed by atoms with Crippen molar-refractivity contribution >= 4 is 18.4 Å². The van der Waals surface area contributed by atoms with Gasteiger partial charge in [0.15, 0.2) is 0 Å². The zero-order valence-electron chi connectivity index (χ0n) is 18.6. The van der Waals surface area contributed by atoms with Crippen molar-refractivity contribution in [2.75, 3.05) is 39.5 Å². The third-order valence-corrected chi connectivity index (χ3v) is 4.52. The molecule has 0 atom stereocenters. The maximum absolute atomic E-state index is 10.4. The predicted molar refractivity (Wildman–Crippen MR) is 123 cm³/mol. The molecule has 0 spiro atoms. The molecule has 0 amide bonds. The SMILES string of the molecule is CC(=O)O.Oc1c2cccc1CCOCCOCCc1cccc(c1O)C=NCCN=C2.[Mn]. The molecule has 0 unspecified atom stereocenters. The molecule has 4 bridgehead atoms. The second kappa shape index (κ2) is 16.0. The number of aliphatic imine (C=N–C) groups is 2. The van der Waals surface area contributed by atoms with Gasteiger partial charge >= 0.3 is 0 Å². The van der Waals surface area contributed by atoms with Crippen LogP contribution in [0.2, 0.25) is 0 Å². The molecule has 33 heavy (non-hydrogen) atoms. The summed E-state index contributed by atoms with van der Waals surface area (Å²) in [6, 6.07) is 11.2. The van der Waals surface area contributed by atoms with Crippen LogP contribution in [0.25, 0.3) is 0 Å². The summed E-state index contributed by atoms with van der Waals surface area (Å²) in [5.41, 5.74) is 3.05. The molecule has 0 saturated heterocycles. The number of benzene rings is 2. The minimum atomic E-state index is -0.833. The molecule has 2 aromatic carbocycles. The van der Waals surface area contributed by atoms with Crippen molar-refractivity contribution in [2.45, 2.75) is 19.8 Å². The van der Waals surface area contributed by atoms with Crippen LogP contribution in [0.4, 0.5) is 0 Å². The van der Waals surface area contributed by atoms with Crippen LogP contribution in [0, 0.1) is 0 Å². The second-order valence-corrected chi connectivity index (χ2v) is 7.02. The Hall–Kier alpha value is -2.71. The van der Waals surface area contributed by atoms with Gasteiger partial charge in [0, 0.05) is 47.5 Å². The molecular weight excluding hydrogens is 467 g/mol. The van der Waals surface area contributed by atoms with Gasteiger partial charge in [-0.25, -0.2) is 0 Å². The van der Waals surface area contributed by atoms with Gasteiger partial charge in [0.2, 0.25) is 0 Å². The summed E-state index contributed by atoms with van der Waals surface area (Å²) in [6.07, 6.45) is 4.58. The third kappa shape index (κ3) is 10.6. The van der Waals surface area contributed by atoms with Crippen LogP contribution in [0.5, 0.6) is 11.5 Å². The Kier molecular flexibility index (Phi) is 13.7. The molecule has 0 aliphatic carbocycles. The largest absolute Gasteiger partial charge is 0.507 e. The van der Waals surface area contributed by atoms with E-state index in [4.69, 9.17) is 19.4 Å². The number of carboxylic acids is 1. The van der Waals surface area contributed by atoms with E-state index >= 15 is 0 Å². The first-order chi connectivity index (χ1) is 15.5. The van der Waals surface area contributed by atoms with E-state index in [0.29, 0.717) is 63.5 Å². The number of carboxylic acid groups (broad SMARTS) is 1. The average Bonchev–Trinajstić information content (AvgIpc) is 2.75. The Morgan fingerprint density at radius 3 is 1.58 bits per heavy atom. The smallest absolute Gasteiger partial charge is 0.300 e. The molecule has 9 heteroatoms. The number of rotatable bonds is 0. The van der Waals surface area contributed by atoms with E-state index in [1.54, 1.807) is 12.4 Å². The topological polar surface area (TPSA) is 121 Å². The van der Waals surface area contributed by atoms with E-state index in [2.05, 4.69) is 9.98 Å². The first-order valence-electron chi connectivity index (χ1n) is 10.5. The number of ether oxygens (including phenoxy) is 2. The van der Waals surface area contributed by atoms with Gasteiger partial charge in [-0.05, 0) is 36.1 Å². The summed E-state index contributed by atoms with van der Waals surface area (Å²) in [4.78, 5) is 17.7. The van der Waals surface area contributed by atoms with E-state index < -0.39 is 5.97 Å². The van der Waals surface area contributed by atoms with E-state index in [9.17, 15) is 10.2 Å². The Morgan fingerprint density at radius 2 is 1.18 bits per heavy atom. The minimum Gasteiger partial charge on any atom is -0.507 e. The molecule has 1 aliphatic heterocycles. The molecule has 0 aromatic heterocycles. The van der Waals surface area contributed by atoms with E-state index in [-0.39, 0.29) is 28.6 Å². The fourth-order valence-corrected chi connectivity index (χ4v) is 2.96. The summed E-state index contributed by atoms with van der Waals surface area (Å²) in [6.45, 7) is 4.07. The first kappa shape index (κ1) is 28.3. The van der Waals surface area contributed by atoms with Crippen LogP contribution in [0.1, 0.15) is 29.2 Å². The van der Waals surface area contributed by atoms with Crippen molar-refractivity contribution in [2.24, 2.45) is 9.98 Å². The zero-order valence-corrected chi connectivity index (χ0v) is 19.8. The summed E-state index contributed by atoms with van der Waals surface area (Å²) >= 11 is 0. The van der Waals surface area contributed by atoms with Crippen LogP contribution < -0.4 is 0 Å². The van der Waals surface area contributed by atoms with Gasteiger partial charge in [-0.3, -0.25) is 14.8 Å².